The van der Waals surface area contributed by atoms with E-state index in [4.69, 9.17) is 0 Å². The zero-order valence-electron chi connectivity index (χ0n) is 13.3. The van der Waals surface area contributed by atoms with Crippen molar-refractivity contribution < 1.29 is 4.79 Å². The highest BCUT2D eigenvalue weighted by molar-refractivity contribution is 5.94. The fourth-order valence-corrected chi connectivity index (χ4v) is 3.00. The molecule has 4 heteroatoms. The Labute approximate surface area is 131 Å². The number of rotatable bonds is 5. The zero-order valence-corrected chi connectivity index (χ0v) is 13.3. The minimum atomic E-state index is -0.0119. The van der Waals surface area contributed by atoms with E-state index in [1.807, 2.05) is 37.4 Å². The van der Waals surface area contributed by atoms with Crippen LogP contribution in [-0.4, -0.2) is 22.0 Å². The summed E-state index contributed by atoms with van der Waals surface area (Å²) in [4.78, 5) is 16.7. The van der Waals surface area contributed by atoms with Crippen LogP contribution in [0.2, 0.25) is 0 Å². The molecule has 0 unspecified atom stereocenters. The number of amides is 1. The van der Waals surface area contributed by atoms with E-state index in [-0.39, 0.29) is 5.91 Å². The fourth-order valence-electron chi connectivity index (χ4n) is 3.00. The molecule has 1 aromatic carbocycles. The Kier molecular flexibility index (Phi) is 4.27. The highest BCUT2D eigenvalue weighted by Crippen LogP contribution is 2.33. The topological polar surface area (TPSA) is 46.9 Å². The van der Waals surface area contributed by atoms with Crippen LogP contribution in [0.25, 0.3) is 0 Å². The molecule has 4 nitrogen and oxygen atoms in total. The van der Waals surface area contributed by atoms with E-state index >= 15 is 0 Å². The highest BCUT2D eigenvalue weighted by atomic mass is 16.1. The number of aromatic nitrogens is 2. The first-order chi connectivity index (χ1) is 10.6. The van der Waals surface area contributed by atoms with E-state index in [2.05, 4.69) is 21.8 Å². The molecular weight excluding hydrogens is 274 g/mol. The van der Waals surface area contributed by atoms with E-state index < -0.39 is 0 Å². The normalized spacial score (nSPS) is 14.6. The molecule has 0 aliphatic heterocycles. The summed E-state index contributed by atoms with van der Waals surface area (Å²) >= 11 is 0. The van der Waals surface area contributed by atoms with E-state index in [1.54, 1.807) is 0 Å². The van der Waals surface area contributed by atoms with Gasteiger partial charge in [0.05, 0.1) is 0 Å². The van der Waals surface area contributed by atoms with Crippen molar-refractivity contribution in [1.82, 2.24) is 14.9 Å². The van der Waals surface area contributed by atoms with Crippen molar-refractivity contribution in [3.8, 4) is 0 Å². The first kappa shape index (κ1) is 14.8. The van der Waals surface area contributed by atoms with Crippen molar-refractivity contribution in [3.05, 3.63) is 53.1 Å². The first-order valence-corrected chi connectivity index (χ1v) is 8.02. The minimum absolute atomic E-state index is 0.0119. The summed E-state index contributed by atoms with van der Waals surface area (Å²) in [6.45, 7) is 4.73. The summed E-state index contributed by atoms with van der Waals surface area (Å²) in [7, 11) is 0. The monoisotopic (exact) mass is 297 g/mol. The van der Waals surface area contributed by atoms with Crippen LogP contribution < -0.4 is 5.32 Å². The number of carbonyl (C=O) groups is 1. The number of hydrogen-bond acceptors (Lipinski definition) is 2. The predicted molar refractivity (Wildman–Crippen MR) is 87.1 cm³/mol. The van der Waals surface area contributed by atoms with Crippen molar-refractivity contribution in [2.45, 2.75) is 45.6 Å². The van der Waals surface area contributed by atoms with Gasteiger partial charge >= 0.3 is 0 Å². The van der Waals surface area contributed by atoms with Gasteiger partial charge in [0.1, 0.15) is 5.82 Å². The highest BCUT2D eigenvalue weighted by Gasteiger charge is 2.23. The second-order valence-corrected chi connectivity index (χ2v) is 6.15. The third-order valence-corrected chi connectivity index (χ3v) is 4.41. The van der Waals surface area contributed by atoms with Gasteiger partial charge in [-0.25, -0.2) is 4.98 Å². The molecule has 1 fully saturated rings. The van der Waals surface area contributed by atoms with Gasteiger partial charge in [0.25, 0.3) is 5.91 Å². The van der Waals surface area contributed by atoms with Gasteiger partial charge in [-0.15, -0.1) is 0 Å². The molecule has 3 rings (SSSR count). The van der Waals surface area contributed by atoms with Crippen LogP contribution in [0.5, 0.6) is 0 Å². The number of imidazole rings is 1. The molecule has 1 heterocycles. The fraction of sp³-hybridized carbons (Fsp3) is 0.444. The number of nitrogens with one attached hydrogen (secondary N) is 1. The predicted octanol–water partition coefficient (Wildman–Crippen LogP) is 3.20. The van der Waals surface area contributed by atoms with Crippen molar-refractivity contribution in [2.24, 2.45) is 0 Å². The van der Waals surface area contributed by atoms with Crippen molar-refractivity contribution in [3.63, 3.8) is 0 Å². The maximum Gasteiger partial charge on any atom is 0.251 e. The Morgan fingerprint density at radius 3 is 2.86 bits per heavy atom. The summed E-state index contributed by atoms with van der Waals surface area (Å²) in [6.07, 6.45) is 6.53. The van der Waals surface area contributed by atoms with Gasteiger partial charge in [-0.3, -0.25) is 4.79 Å². The molecule has 1 N–H and O–H groups in total. The maximum absolute atomic E-state index is 12.1. The van der Waals surface area contributed by atoms with Gasteiger partial charge in [-0.05, 0) is 45.2 Å². The van der Waals surface area contributed by atoms with Crippen LogP contribution in [-0.2, 0) is 6.42 Å². The molecule has 0 radical (unpaired) electrons. The van der Waals surface area contributed by atoms with Crippen LogP contribution in [0.1, 0.15) is 52.7 Å². The number of carbonyl (C=O) groups excluding carboxylic acids is 1. The van der Waals surface area contributed by atoms with Crippen LogP contribution in [0.3, 0.4) is 0 Å². The van der Waals surface area contributed by atoms with E-state index in [0.717, 1.165) is 23.4 Å². The number of nitrogens with zero attached hydrogens (tertiary/aromatic N) is 2. The quantitative estimate of drug-likeness (QED) is 0.921. The molecular formula is C18H23N3O. The first-order valence-electron chi connectivity index (χ1n) is 8.02. The summed E-state index contributed by atoms with van der Waals surface area (Å²) in [6, 6.07) is 8.28. The molecule has 0 atom stereocenters. The van der Waals surface area contributed by atoms with Gasteiger partial charge in [-0.1, -0.05) is 17.7 Å². The van der Waals surface area contributed by atoms with Crippen LogP contribution >= 0.6 is 0 Å². The average Bonchev–Trinajstić information content (AvgIpc) is 2.79. The molecule has 1 aliphatic rings. The van der Waals surface area contributed by atoms with Crippen molar-refractivity contribution in [1.29, 1.82) is 0 Å². The Hall–Kier alpha value is -2.10. The minimum Gasteiger partial charge on any atom is -0.352 e. The molecule has 0 spiro atoms. The molecule has 1 saturated carbocycles. The second kappa shape index (κ2) is 6.34. The van der Waals surface area contributed by atoms with Crippen LogP contribution in [0, 0.1) is 13.8 Å². The van der Waals surface area contributed by atoms with E-state index in [1.165, 1.54) is 25.0 Å². The van der Waals surface area contributed by atoms with Crippen LogP contribution in [0.4, 0.5) is 0 Å². The molecule has 2 aromatic rings. The number of aryl methyl sites for hydroxylation is 2. The standard InChI is InChI=1S/C18H23N3O/c1-13-5-3-6-15(11-13)18(22)19-10-9-17-20-12-14(2)21(17)16-7-4-8-16/h3,5-6,11-12,16H,4,7-10H2,1-2H3,(H,19,22). The Morgan fingerprint density at radius 2 is 2.18 bits per heavy atom. The average molecular weight is 297 g/mol. The Bertz CT molecular complexity index is 671. The van der Waals surface area contributed by atoms with E-state index in [0.29, 0.717) is 12.6 Å². The lowest BCUT2D eigenvalue weighted by molar-refractivity contribution is 0.0953. The lowest BCUT2D eigenvalue weighted by atomic mass is 9.92. The van der Waals surface area contributed by atoms with Crippen molar-refractivity contribution in [2.75, 3.05) is 6.54 Å². The Balaban J connectivity index is 1.58. The smallest absolute Gasteiger partial charge is 0.251 e. The third kappa shape index (κ3) is 3.06. The summed E-state index contributed by atoms with van der Waals surface area (Å²) in [5.41, 5.74) is 3.05. The molecule has 0 saturated heterocycles. The number of benzene rings is 1. The van der Waals surface area contributed by atoms with Gasteiger partial charge in [0.2, 0.25) is 0 Å². The molecule has 0 bridgehead atoms. The van der Waals surface area contributed by atoms with Gasteiger partial charge in [-0.2, -0.15) is 0 Å². The molecule has 1 aromatic heterocycles. The molecule has 116 valence electrons. The summed E-state index contributed by atoms with van der Waals surface area (Å²) in [5, 5.41) is 2.99. The molecule has 1 amide bonds. The lowest BCUT2D eigenvalue weighted by Crippen LogP contribution is -2.27. The summed E-state index contributed by atoms with van der Waals surface area (Å²) in [5.74, 6) is 1.08. The third-order valence-electron chi connectivity index (χ3n) is 4.41. The molecule has 22 heavy (non-hydrogen) atoms. The molecule has 1 aliphatic carbocycles. The number of hydrogen-bond donors (Lipinski definition) is 1. The van der Waals surface area contributed by atoms with Crippen LogP contribution in [0.15, 0.2) is 30.5 Å². The maximum atomic E-state index is 12.1. The second-order valence-electron chi connectivity index (χ2n) is 6.15. The Morgan fingerprint density at radius 1 is 1.36 bits per heavy atom. The zero-order chi connectivity index (χ0) is 15.5. The van der Waals surface area contributed by atoms with E-state index in [9.17, 15) is 4.79 Å². The van der Waals surface area contributed by atoms with Crippen molar-refractivity contribution >= 4 is 5.91 Å². The van der Waals surface area contributed by atoms with Gasteiger partial charge < -0.3 is 9.88 Å². The lowest BCUT2D eigenvalue weighted by Gasteiger charge is -2.29. The van der Waals surface area contributed by atoms with Gasteiger partial charge in [0, 0.05) is 36.5 Å². The largest absolute Gasteiger partial charge is 0.352 e. The summed E-state index contributed by atoms with van der Waals surface area (Å²) < 4.78 is 2.35. The van der Waals surface area contributed by atoms with Gasteiger partial charge in [0.15, 0.2) is 0 Å². The SMILES string of the molecule is Cc1cccc(C(=O)NCCc2ncc(C)n2C2CCC2)c1.